The summed E-state index contributed by atoms with van der Waals surface area (Å²) >= 11 is 0. The summed E-state index contributed by atoms with van der Waals surface area (Å²) in [5.74, 6) is 0. The Morgan fingerprint density at radius 3 is 2.27 bits per heavy atom. The highest BCUT2D eigenvalue weighted by Crippen LogP contribution is 2.10. The molecule has 1 heteroatoms. The SMILES string of the molecule is Cc1ccc(Cc2cncc(C)c2)cc1. The van der Waals surface area contributed by atoms with E-state index >= 15 is 0 Å². The Morgan fingerprint density at radius 1 is 0.867 bits per heavy atom. The first-order valence-corrected chi connectivity index (χ1v) is 5.20. The molecule has 1 nitrogen and oxygen atoms in total. The number of pyridine rings is 1. The molecule has 15 heavy (non-hydrogen) atoms. The lowest BCUT2D eigenvalue weighted by atomic mass is 10.0. The first-order valence-electron chi connectivity index (χ1n) is 5.20. The van der Waals surface area contributed by atoms with Crippen LogP contribution in [0.5, 0.6) is 0 Å². The summed E-state index contributed by atoms with van der Waals surface area (Å²) in [5.41, 5.74) is 5.15. The monoisotopic (exact) mass is 197 g/mol. The van der Waals surface area contributed by atoms with Gasteiger partial charge in [-0.1, -0.05) is 35.9 Å². The number of nitrogens with zero attached hydrogens (tertiary/aromatic N) is 1. The summed E-state index contributed by atoms with van der Waals surface area (Å²) in [6.45, 7) is 4.18. The van der Waals surface area contributed by atoms with Gasteiger partial charge in [0.15, 0.2) is 0 Å². The van der Waals surface area contributed by atoms with Crippen molar-refractivity contribution in [2.45, 2.75) is 20.3 Å². The van der Waals surface area contributed by atoms with Crippen molar-refractivity contribution >= 4 is 0 Å². The van der Waals surface area contributed by atoms with Crippen LogP contribution in [0.25, 0.3) is 0 Å². The van der Waals surface area contributed by atoms with E-state index in [1.54, 1.807) is 0 Å². The Morgan fingerprint density at radius 2 is 1.60 bits per heavy atom. The maximum Gasteiger partial charge on any atom is 0.0303 e. The van der Waals surface area contributed by atoms with E-state index in [0.717, 1.165) is 6.42 Å². The van der Waals surface area contributed by atoms with Gasteiger partial charge in [-0.3, -0.25) is 4.98 Å². The van der Waals surface area contributed by atoms with Gasteiger partial charge in [-0.15, -0.1) is 0 Å². The van der Waals surface area contributed by atoms with E-state index in [2.05, 4.69) is 49.2 Å². The largest absolute Gasteiger partial charge is 0.264 e. The molecular weight excluding hydrogens is 182 g/mol. The molecule has 0 saturated carbocycles. The number of benzene rings is 1. The van der Waals surface area contributed by atoms with E-state index in [-0.39, 0.29) is 0 Å². The summed E-state index contributed by atoms with van der Waals surface area (Å²) in [6, 6.07) is 10.8. The van der Waals surface area contributed by atoms with Crippen LogP contribution in [0, 0.1) is 13.8 Å². The Bertz CT molecular complexity index is 443. The third-order valence-corrected chi connectivity index (χ3v) is 2.46. The van der Waals surface area contributed by atoms with E-state index in [9.17, 15) is 0 Å². The average molecular weight is 197 g/mol. The molecule has 1 aromatic heterocycles. The lowest BCUT2D eigenvalue weighted by Gasteiger charge is -2.02. The number of rotatable bonds is 2. The van der Waals surface area contributed by atoms with Gasteiger partial charge in [-0.2, -0.15) is 0 Å². The zero-order chi connectivity index (χ0) is 10.7. The highest BCUT2D eigenvalue weighted by molar-refractivity contribution is 5.28. The molecule has 0 aliphatic rings. The molecule has 0 fully saturated rings. The van der Waals surface area contributed by atoms with Crippen LogP contribution in [0.4, 0.5) is 0 Å². The molecule has 2 aromatic rings. The van der Waals surface area contributed by atoms with Crippen molar-refractivity contribution in [2.75, 3.05) is 0 Å². The molecule has 1 aromatic carbocycles. The molecule has 0 radical (unpaired) electrons. The highest BCUT2D eigenvalue weighted by Gasteiger charge is 1.96. The molecule has 0 spiro atoms. The predicted molar refractivity (Wildman–Crippen MR) is 63.0 cm³/mol. The van der Waals surface area contributed by atoms with Crippen molar-refractivity contribution < 1.29 is 0 Å². The van der Waals surface area contributed by atoms with Gasteiger partial charge in [-0.25, -0.2) is 0 Å². The minimum absolute atomic E-state index is 0.967. The first-order chi connectivity index (χ1) is 7.24. The standard InChI is InChI=1S/C14H15N/c1-11-3-5-13(6-4-11)8-14-7-12(2)9-15-10-14/h3-7,9-10H,8H2,1-2H3. The molecule has 76 valence electrons. The van der Waals surface area contributed by atoms with Crippen molar-refractivity contribution in [2.24, 2.45) is 0 Å². The Hall–Kier alpha value is -1.63. The van der Waals surface area contributed by atoms with Crippen molar-refractivity contribution in [3.05, 3.63) is 65.0 Å². The van der Waals surface area contributed by atoms with Gasteiger partial charge >= 0.3 is 0 Å². The summed E-state index contributed by atoms with van der Waals surface area (Å²) < 4.78 is 0. The second kappa shape index (κ2) is 4.26. The van der Waals surface area contributed by atoms with E-state index in [1.165, 1.54) is 22.3 Å². The van der Waals surface area contributed by atoms with Crippen LogP contribution in [-0.4, -0.2) is 4.98 Å². The normalized spacial score (nSPS) is 10.3. The fourth-order valence-electron chi connectivity index (χ4n) is 1.66. The minimum Gasteiger partial charge on any atom is -0.264 e. The number of hydrogen-bond donors (Lipinski definition) is 0. The van der Waals surface area contributed by atoms with E-state index in [4.69, 9.17) is 0 Å². The Labute approximate surface area is 90.8 Å². The smallest absolute Gasteiger partial charge is 0.0303 e. The molecule has 0 aliphatic heterocycles. The van der Waals surface area contributed by atoms with Gasteiger partial charge in [0.2, 0.25) is 0 Å². The maximum absolute atomic E-state index is 4.20. The van der Waals surface area contributed by atoms with Crippen molar-refractivity contribution in [1.29, 1.82) is 0 Å². The molecule has 0 aliphatic carbocycles. The van der Waals surface area contributed by atoms with Gasteiger partial charge in [0, 0.05) is 12.4 Å². The first kappa shape index (κ1) is 9.91. The fourth-order valence-corrected chi connectivity index (χ4v) is 1.66. The van der Waals surface area contributed by atoms with Crippen LogP contribution in [-0.2, 0) is 6.42 Å². The highest BCUT2D eigenvalue weighted by atomic mass is 14.6. The summed E-state index contributed by atoms with van der Waals surface area (Å²) in [5, 5.41) is 0. The minimum atomic E-state index is 0.967. The maximum atomic E-state index is 4.20. The van der Waals surface area contributed by atoms with E-state index < -0.39 is 0 Å². The van der Waals surface area contributed by atoms with Crippen LogP contribution >= 0.6 is 0 Å². The fraction of sp³-hybridized carbons (Fsp3) is 0.214. The quantitative estimate of drug-likeness (QED) is 0.720. The third-order valence-electron chi connectivity index (χ3n) is 2.46. The van der Waals surface area contributed by atoms with Gasteiger partial charge in [-0.05, 0) is 37.0 Å². The van der Waals surface area contributed by atoms with E-state index in [1.807, 2.05) is 12.4 Å². The van der Waals surface area contributed by atoms with Crippen LogP contribution in [0.2, 0.25) is 0 Å². The number of aromatic nitrogens is 1. The zero-order valence-electron chi connectivity index (χ0n) is 9.20. The summed E-state index contributed by atoms with van der Waals surface area (Å²) in [6.07, 6.45) is 4.79. The molecule has 0 unspecified atom stereocenters. The second-order valence-electron chi connectivity index (χ2n) is 4.03. The van der Waals surface area contributed by atoms with E-state index in [0.29, 0.717) is 0 Å². The molecule has 2 rings (SSSR count). The van der Waals surface area contributed by atoms with Crippen LogP contribution in [0.3, 0.4) is 0 Å². The molecule has 0 amide bonds. The third kappa shape index (κ3) is 2.66. The van der Waals surface area contributed by atoms with Gasteiger partial charge in [0.25, 0.3) is 0 Å². The topological polar surface area (TPSA) is 12.9 Å². The summed E-state index contributed by atoms with van der Waals surface area (Å²) in [4.78, 5) is 4.20. The predicted octanol–water partition coefficient (Wildman–Crippen LogP) is 3.29. The zero-order valence-corrected chi connectivity index (χ0v) is 9.20. The average Bonchev–Trinajstić information content (AvgIpc) is 2.22. The van der Waals surface area contributed by atoms with Crippen LogP contribution in [0.1, 0.15) is 22.3 Å². The molecule has 1 heterocycles. The van der Waals surface area contributed by atoms with Crippen LogP contribution < -0.4 is 0 Å². The van der Waals surface area contributed by atoms with Crippen LogP contribution in [0.15, 0.2) is 42.7 Å². The van der Waals surface area contributed by atoms with Crippen molar-refractivity contribution in [3.8, 4) is 0 Å². The summed E-state index contributed by atoms with van der Waals surface area (Å²) in [7, 11) is 0. The molecule has 0 N–H and O–H groups in total. The molecule has 0 atom stereocenters. The molecule has 0 saturated heterocycles. The number of hydrogen-bond acceptors (Lipinski definition) is 1. The Balaban J connectivity index is 2.18. The van der Waals surface area contributed by atoms with Crippen molar-refractivity contribution in [1.82, 2.24) is 4.98 Å². The molecular formula is C14H15N. The lowest BCUT2D eigenvalue weighted by molar-refractivity contribution is 1.12. The lowest BCUT2D eigenvalue weighted by Crippen LogP contribution is -1.90. The number of aryl methyl sites for hydroxylation is 2. The molecule has 0 bridgehead atoms. The van der Waals surface area contributed by atoms with Gasteiger partial charge in [0.1, 0.15) is 0 Å². The second-order valence-corrected chi connectivity index (χ2v) is 4.03. The Kier molecular flexibility index (Phi) is 2.82. The van der Waals surface area contributed by atoms with Gasteiger partial charge in [0.05, 0.1) is 0 Å². The van der Waals surface area contributed by atoms with Gasteiger partial charge < -0.3 is 0 Å². The van der Waals surface area contributed by atoms with Crippen molar-refractivity contribution in [3.63, 3.8) is 0 Å².